The highest BCUT2D eigenvalue weighted by Crippen LogP contribution is 2.16. The summed E-state index contributed by atoms with van der Waals surface area (Å²) in [6.07, 6.45) is 0.621. The first-order valence-electron chi connectivity index (χ1n) is 9.15. The van der Waals surface area contributed by atoms with E-state index in [1.165, 1.54) is 11.1 Å². The molecule has 0 aliphatic carbocycles. The van der Waals surface area contributed by atoms with Crippen molar-refractivity contribution in [3.63, 3.8) is 0 Å². The minimum absolute atomic E-state index is 0.0984. The van der Waals surface area contributed by atoms with Gasteiger partial charge in [0.1, 0.15) is 0 Å². The Labute approximate surface area is 158 Å². The van der Waals surface area contributed by atoms with Crippen molar-refractivity contribution in [2.24, 2.45) is 0 Å². The number of benzene rings is 1. The van der Waals surface area contributed by atoms with Crippen molar-refractivity contribution in [3.8, 4) is 0 Å². The summed E-state index contributed by atoms with van der Waals surface area (Å²) < 4.78 is 4.90. The number of aryl methyl sites for hydroxylation is 2. The number of carbonyl (C=O) groups is 2. The molecule has 0 unspecified atom stereocenters. The average molecular weight is 371 g/mol. The molecule has 1 atom stereocenters. The highest BCUT2D eigenvalue weighted by atomic mass is 16.5. The third-order valence-corrected chi connectivity index (χ3v) is 4.70. The Hall–Kier alpha value is -2.74. The quantitative estimate of drug-likeness (QED) is 0.744. The molecule has 0 bridgehead atoms. The minimum Gasteiger partial charge on any atom is -0.356 e. The molecule has 1 fully saturated rings. The maximum atomic E-state index is 12.3. The summed E-state index contributed by atoms with van der Waals surface area (Å²) in [5.74, 6) is 0.803. The zero-order valence-electron chi connectivity index (χ0n) is 15.7. The van der Waals surface area contributed by atoms with Gasteiger partial charge >= 0.3 is 0 Å². The van der Waals surface area contributed by atoms with Crippen LogP contribution >= 0.6 is 0 Å². The van der Waals surface area contributed by atoms with E-state index in [1.807, 2.05) is 12.1 Å². The van der Waals surface area contributed by atoms with E-state index in [4.69, 9.17) is 4.52 Å². The van der Waals surface area contributed by atoms with Crippen LogP contribution in [0.2, 0.25) is 0 Å². The molecule has 2 amide bonds. The highest BCUT2D eigenvalue weighted by molar-refractivity contribution is 5.88. The number of rotatable bonds is 7. The molecule has 0 radical (unpaired) electrons. The molecular formula is C19H25N5O3. The molecular weight excluding hydrogens is 346 g/mol. The summed E-state index contributed by atoms with van der Waals surface area (Å²) in [6, 6.07) is 7.64. The fraction of sp³-hybridized carbons (Fsp3) is 0.474. The Morgan fingerprint density at radius 2 is 2.19 bits per heavy atom. The van der Waals surface area contributed by atoms with Crippen molar-refractivity contribution in [3.05, 3.63) is 47.1 Å². The van der Waals surface area contributed by atoms with Crippen molar-refractivity contribution in [1.82, 2.24) is 25.7 Å². The summed E-state index contributed by atoms with van der Waals surface area (Å²) in [5, 5.41) is 9.49. The molecule has 2 N–H and O–H groups in total. The molecule has 1 aromatic heterocycles. The van der Waals surface area contributed by atoms with Crippen LogP contribution in [0.5, 0.6) is 0 Å². The molecule has 2 aromatic rings. The Bertz CT molecular complexity index is 804. The molecule has 27 heavy (non-hydrogen) atoms. The molecule has 1 aliphatic rings. The van der Waals surface area contributed by atoms with Gasteiger partial charge in [-0.05, 0) is 18.1 Å². The van der Waals surface area contributed by atoms with Crippen molar-refractivity contribution >= 4 is 11.8 Å². The maximum absolute atomic E-state index is 12.3. The molecule has 1 saturated heterocycles. The van der Waals surface area contributed by atoms with Gasteiger partial charge in [-0.1, -0.05) is 29.4 Å². The number of amides is 2. The van der Waals surface area contributed by atoms with Crippen molar-refractivity contribution in [1.29, 1.82) is 0 Å². The van der Waals surface area contributed by atoms with Crippen molar-refractivity contribution < 1.29 is 14.1 Å². The molecule has 2 heterocycles. The number of carbonyl (C=O) groups excluding carboxylic acids is 2. The van der Waals surface area contributed by atoms with Crippen molar-refractivity contribution in [2.45, 2.75) is 39.3 Å². The molecule has 8 heteroatoms. The fourth-order valence-corrected chi connectivity index (χ4v) is 3.18. The van der Waals surface area contributed by atoms with E-state index >= 15 is 0 Å². The number of aromatic nitrogens is 2. The van der Waals surface area contributed by atoms with E-state index < -0.39 is 6.04 Å². The number of hydrogen-bond acceptors (Lipinski definition) is 6. The fourth-order valence-electron chi connectivity index (χ4n) is 3.18. The normalized spacial score (nSPS) is 17.6. The van der Waals surface area contributed by atoms with E-state index in [2.05, 4.69) is 44.7 Å². The Balaban J connectivity index is 1.55. The summed E-state index contributed by atoms with van der Waals surface area (Å²) in [7, 11) is 0. The molecule has 8 nitrogen and oxygen atoms in total. The molecule has 3 rings (SSSR count). The summed E-state index contributed by atoms with van der Waals surface area (Å²) in [6.45, 7) is 6.16. The molecule has 0 saturated carbocycles. The van der Waals surface area contributed by atoms with E-state index in [9.17, 15) is 9.59 Å². The van der Waals surface area contributed by atoms with Gasteiger partial charge in [0, 0.05) is 39.5 Å². The van der Waals surface area contributed by atoms with Gasteiger partial charge in [-0.2, -0.15) is 4.98 Å². The summed E-state index contributed by atoms with van der Waals surface area (Å²) in [5.41, 5.74) is 2.35. The van der Waals surface area contributed by atoms with Gasteiger partial charge in [0.2, 0.25) is 17.7 Å². The second-order valence-corrected chi connectivity index (χ2v) is 6.74. The van der Waals surface area contributed by atoms with E-state index in [1.54, 1.807) is 6.92 Å². The topological polar surface area (TPSA) is 100 Å². The first kappa shape index (κ1) is 19.0. The van der Waals surface area contributed by atoms with Gasteiger partial charge in [0.25, 0.3) is 0 Å². The molecule has 0 spiro atoms. The maximum Gasteiger partial charge on any atom is 0.237 e. The number of piperazine rings is 1. The third kappa shape index (κ3) is 5.13. The second kappa shape index (κ2) is 8.77. The zero-order chi connectivity index (χ0) is 19.2. The average Bonchev–Trinajstić information content (AvgIpc) is 3.05. The Morgan fingerprint density at radius 3 is 2.93 bits per heavy atom. The first-order valence-corrected chi connectivity index (χ1v) is 9.15. The number of hydrogen-bond donors (Lipinski definition) is 2. The molecule has 1 aliphatic heterocycles. The number of nitrogens with one attached hydrogen (secondary N) is 2. The zero-order valence-corrected chi connectivity index (χ0v) is 15.7. The van der Waals surface area contributed by atoms with E-state index in [0.717, 1.165) is 6.54 Å². The van der Waals surface area contributed by atoms with Gasteiger partial charge in [-0.25, -0.2) is 0 Å². The minimum atomic E-state index is -0.467. The van der Waals surface area contributed by atoms with Crippen LogP contribution in [0.15, 0.2) is 28.8 Å². The van der Waals surface area contributed by atoms with Crippen LogP contribution in [0.25, 0.3) is 0 Å². The lowest BCUT2D eigenvalue weighted by atomic mass is 10.0. The van der Waals surface area contributed by atoms with Gasteiger partial charge in [-0.15, -0.1) is 0 Å². The highest BCUT2D eigenvalue weighted by Gasteiger charge is 2.31. The van der Waals surface area contributed by atoms with Crippen LogP contribution in [-0.4, -0.2) is 52.5 Å². The van der Waals surface area contributed by atoms with Gasteiger partial charge in [0.05, 0.1) is 12.5 Å². The lowest BCUT2D eigenvalue weighted by molar-refractivity contribution is -0.134. The van der Waals surface area contributed by atoms with Crippen LogP contribution in [0, 0.1) is 13.8 Å². The van der Waals surface area contributed by atoms with Gasteiger partial charge < -0.3 is 15.2 Å². The number of nitrogens with zero attached hydrogens (tertiary/aromatic N) is 3. The van der Waals surface area contributed by atoms with Crippen LogP contribution in [0.4, 0.5) is 0 Å². The smallest absolute Gasteiger partial charge is 0.237 e. The third-order valence-electron chi connectivity index (χ3n) is 4.70. The molecule has 1 aromatic carbocycles. The van der Waals surface area contributed by atoms with Crippen molar-refractivity contribution in [2.75, 3.05) is 19.6 Å². The van der Waals surface area contributed by atoms with Crippen LogP contribution in [0.1, 0.15) is 29.3 Å². The monoisotopic (exact) mass is 371 g/mol. The van der Waals surface area contributed by atoms with Crippen LogP contribution < -0.4 is 10.6 Å². The lowest BCUT2D eigenvalue weighted by Crippen LogP contribution is -2.56. The SMILES string of the molecule is Cc1nc(CCNC(=O)C[C@H]2C(=O)NCCN2Cc2ccccc2C)no1. The standard InChI is InChI=1S/C19H25N5O3/c1-13-5-3-4-6-15(13)12-24-10-9-21-19(26)16(24)11-18(25)20-8-7-17-22-14(2)27-23-17/h3-6,16H,7-12H2,1-2H3,(H,20,25)(H,21,26)/t16-/m0/s1. The van der Waals surface area contributed by atoms with E-state index in [0.29, 0.717) is 37.8 Å². The van der Waals surface area contributed by atoms with Gasteiger partial charge in [-0.3, -0.25) is 14.5 Å². The predicted molar refractivity (Wildman–Crippen MR) is 98.8 cm³/mol. The second-order valence-electron chi connectivity index (χ2n) is 6.74. The van der Waals surface area contributed by atoms with Gasteiger partial charge in [0.15, 0.2) is 5.82 Å². The first-order chi connectivity index (χ1) is 13.0. The van der Waals surface area contributed by atoms with Crippen LogP contribution in [-0.2, 0) is 22.6 Å². The van der Waals surface area contributed by atoms with Crippen LogP contribution in [0.3, 0.4) is 0 Å². The summed E-state index contributed by atoms with van der Waals surface area (Å²) in [4.78, 5) is 30.9. The Kier molecular flexibility index (Phi) is 6.18. The largest absolute Gasteiger partial charge is 0.356 e. The molecule has 144 valence electrons. The summed E-state index contributed by atoms with van der Waals surface area (Å²) >= 11 is 0. The predicted octanol–water partition coefficient (Wildman–Crippen LogP) is 0.736. The Morgan fingerprint density at radius 1 is 1.37 bits per heavy atom. The van der Waals surface area contributed by atoms with E-state index in [-0.39, 0.29) is 18.2 Å². The lowest BCUT2D eigenvalue weighted by Gasteiger charge is -2.35.